The summed E-state index contributed by atoms with van der Waals surface area (Å²) in [6.45, 7) is 7.51. The predicted molar refractivity (Wildman–Crippen MR) is 70.7 cm³/mol. The summed E-state index contributed by atoms with van der Waals surface area (Å²) in [6, 6.07) is 3.90. The van der Waals surface area contributed by atoms with Crippen molar-refractivity contribution in [2.45, 2.75) is 20.8 Å². The number of pyridine rings is 1. The van der Waals surface area contributed by atoms with E-state index in [0.717, 1.165) is 23.6 Å². The van der Waals surface area contributed by atoms with Crippen LogP contribution in [0.2, 0.25) is 0 Å². The summed E-state index contributed by atoms with van der Waals surface area (Å²) in [6.07, 6.45) is 3.94. The van der Waals surface area contributed by atoms with Crippen molar-refractivity contribution in [2.24, 2.45) is 0 Å². The summed E-state index contributed by atoms with van der Waals surface area (Å²) in [7, 11) is 1.91. The van der Waals surface area contributed by atoms with E-state index in [0.29, 0.717) is 6.61 Å². The molecule has 0 amide bonds. The summed E-state index contributed by atoms with van der Waals surface area (Å²) in [4.78, 5) is 4.35. The number of likely N-dealkylation sites (N-methyl/N-ethyl adjacent to an activating group) is 1. The standard InChI is InChI=1S/C11H15N3O.C2H6/c1-9-7-14-8-10(15-6-5-12-2)3-4-11(14)13-9;1-2/h3-4,7-8,12H,5-6H2,1-2H3;1-2H3. The van der Waals surface area contributed by atoms with Crippen LogP contribution in [-0.4, -0.2) is 29.6 Å². The maximum absolute atomic E-state index is 5.55. The smallest absolute Gasteiger partial charge is 0.137 e. The average Bonchev–Trinajstić information content (AvgIpc) is 2.71. The van der Waals surface area contributed by atoms with E-state index in [1.165, 1.54) is 0 Å². The Morgan fingerprint density at radius 1 is 1.29 bits per heavy atom. The number of aromatic nitrogens is 2. The molecule has 0 aromatic carbocycles. The van der Waals surface area contributed by atoms with Gasteiger partial charge in [0, 0.05) is 12.7 Å². The quantitative estimate of drug-likeness (QED) is 0.826. The molecule has 0 unspecified atom stereocenters. The molecule has 94 valence electrons. The lowest BCUT2D eigenvalue weighted by Gasteiger charge is -2.05. The van der Waals surface area contributed by atoms with Crippen LogP contribution in [0, 0.1) is 6.92 Å². The van der Waals surface area contributed by atoms with Crippen LogP contribution in [0.4, 0.5) is 0 Å². The van der Waals surface area contributed by atoms with Gasteiger partial charge in [0.25, 0.3) is 0 Å². The van der Waals surface area contributed by atoms with Crippen LogP contribution in [0.25, 0.3) is 5.65 Å². The van der Waals surface area contributed by atoms with Crippen LogP contribution in [0.5, 0.6) is 5.75 Å². The van der Waals surface area contributed by atoms with Crippen LogP contribution in [-0.2, 0) is 0 Å². The molecule has 0 fully saturated rings. The third-order valence-corrected chi connectivity index (χ3v) is 2.17. The first-order chi connectivity index (χ1) is 8.29. The molecule has 0 radical (unpaired) electrons. The summed E-state index contributed by atoms with van der Waals surface area (Å²) in [5.41, 5.74) is 1.97. The van der Waals surface area contributed by atoms with Gasteiger partial charge < -0.3 is 14.5 Å². The molecule has 2 rings (SSSR count). The Balaban J connectivity index is 0.000000686. The first kappa shape index (κ1) is 13.5. The highest BCUT2D eigenvalue weighted by Gasteiger charge is 1.99. The van der Waals surface area contributed by atoms with E-state index in [1.807, 2.05) is 56.7 Å². The normalized spacial score (nSPS) is 9.88. The van der Waals surface area contributed by atoms with Gasteiger partial charge in [-0.3, -0.25) is 0 Å². The third kappa shape index (κ3) is 3.75. The molecule has 0 aliphatic rings. The highest BCUT2D eigenvalue weighted by Crippen LogP contribution is 2.13. The van der Waals surface area contributed by atoms with Crippen molar-refractivity contribution in [3.8, 4) is 5.75 Å². The van der Waals surface area contributed by atoms with Gasteiger partial charge in [-0.15, -0.1) is 0 Å². The molecule has 0 atom stereocenters. The number of nitrogens with zero attached hydrogens (tertiary/aromatic N) is 2. The van der Waals surface area contributed by atoms with Gasteiger partial charge in [-0.2, -0.15) is 0 Å². The zero-order chi connectivity index (χ0) is 12.7. The molecular weight excluding hydrogens is 214 g/mol. The van der Waals surface area contributed by atoms with Crippen molar-refractivity contribution >= 4 is 5.65 Å². The highest BCUT2D eigenvalue weighted by molar-refractivity contribution is 5.42. The number of imidazole rings is 1. The number of hydrogen-bond acceptors (Lipinski definition) is 3. The fourth-order valence-electron chi connectivity index (χ4n) is 1.45. The van der Waals surface area contributed by atoms with Crippen LogP contribution >= 0.6 is 0 Å². The minimum atomic E-state index is 0.676. The van der Waals surface area contributed by atoms with Crippen molar-refractivity contribution in [1.29, 1.82) is 0 Å². The molecule has 0 aliphatic carbocycles. The van der Waals surface area contributed by atoms with Gasteiger partial charge in [0.05, 0.1) is 11.9 Å². The first-order valence-corrected chi connectivity index (χ1v) is 6.02. The maximum atomic E-state index is 5.55. The summed E-state index contributed by atoms with van der Waals surface area (Å²) < 4.78 is 7.53. The molecule has 4 nitrogen and oxygen atoms in total. The molecule has 0 spiro atoms. The molecule has 0 aliphatic heterocycles. The van der Waals surface area contributed by atoms with Crippen molar-refractivity contribution in [2.75, 3.05) is 20.2 Å². The molecule has 0 saturated carbocycles. The largest absolute Gasteiger partial charge is 0.491 e. The van der Waals surface area contributed by atoms with Crippen molar-refractivity contribution in [3.63, 3.8) is 0 Å². The Bertz CT molecular complexity index is 451. The molecule has 2 aromatic heterocycles. The van der Waals surface area contributed by atoms with Crippen molar-refractivity contribution in [1.82, 2.24) is 14.7 Å². The minimum absolute atomic E-state index is 0.676. The van der Waals surface area contributed by atoms with Gasteiger partial charge in [-0.1, -0.05) is 13.8 Å². The summed E-state index contributed by atoms with van der Waals surface area (Å²) >= 11 is 0. The zero-order valence-electron chi connectivity index (χ0n) is 11.0. The lowest BCUT2D eigenvalue weighted by molar-refractivity contribution is 0.317. The fourth-order valence-corrected chi connectivity index (χ4v) is 1.45. The Kier molecular flexibility index (Phi) is 5.49. The molecule has 17 heavy (non-hydrogen) atoms. The highest BCUT2D eigenvalue weighted by atomic mass is 16.5. The molecule has 2 aromatic rings. The Hall–Kier alpha value is -1.55. The Labute approximate surface area is 103 Å². The van der Waals surface area contributed by atoms with Crippen molar-refractivity contribution in [3.05, 3.63) is 30.2 Å². The van der Waals surface area contributed by atoms with E-state index < -0.39 is 0 Å². The first-order valence-electron chi connectivity index (χ1n) is 6.02. The van der Waals surface area contributed by atoms with Gasteiger partial charge in [-0.05, 0) is 26.1 Å². The number of aryl methyl sites for hydroxylation is 1. The summed E-state index contributed by atoms with van der Waals surface area (Å²) in [5.74, 6) is 0.871. The minimum Gasteiger partial charge on any atom is -0.491 e. The van der Waals surface area contributed by atoms with Crippen LogP contribution in [0.1, 0.15) is 19.5 Å². The number of ether oxygens (including phenoxy) is 1. The molecule has 1 N–H and O–H groups in total. The topological polar surface area (TPSA) is 38.6 Å². The SMILES string of the molecule is CC.CNCCOc1ccc2nc(C)cn2c1. The van der Waals surface area contributed by atoms with Crippen LogP contribution in [0.3, 0.4) is 0 Å². The number of nitrogens with one attached hydrogen (secondary N) is 1. The number of rotatable bonds is 4. The maximum Gasteiger partial charge on any atom is 0.137 e. The van der Waals surface area contributed by atoms with E-state index in [9.17, 15) is 0 Å². The average molecular weight is 235 g/mol. The van der Waals surface area contributed by atoms with E-state index >= 15 is 0 Å². The van der Waals surface area contributed by atoms with Gasteiger partial charge >= 0.3 is 0 Å². The second-order valence-electron chi connectivity index (χ2n) is 3.46. The fraction of sp³-hybridized carbons (Fsp3) is 0.462. The zero-order valence-corrected chi connectivity index (χ0v) is 11.0. The lowest BCUT2D eigenvalue weighted by atomic mass is 10.4. The van der Waals surface area contributed by atoms with E-state index in [2.05, 4.69) is 10.3 Å². The van der Waals surface area contributed by atoms with E-state index in [4.69, 9.17) is 4.74 Å². The van der Waals surface area contributed by atoms with Gasteiger partial charge in [-0.25, -0.2) is 4.98 Å². The Morgan fingerprint density at radius 2 is 2.06 bits per heavy atom. The number of hydrogen-bond donors (Lipinski definition) is 1. The number of fused-ring (bicyclic) bond motifs is 1. The summed E-state index contributed by atoms with van der Waals surface area (Å²) in [5, 5.41) is 3.04. The molecule has 0 saturated heterocycles. The monoisotopic (exact) mass is 235 g/mol. The second-order valence-corrected chi connectivity index (χ2v) is 3.46. The van der Waals surface area contributed by atoms with Crippen LogP contribution in [0.15, 0.2) is 24.5 Å². The van der Waals surface area contributed by atoms with E-state index in [1.54, 1.807) is 0 Å². The van der Waals surface area contributed by atoms with Crippen LogP contribution < -0.4 is 10.1 Å². The van der Waals surface area contributed by atoms with E-state index in [-0.39, 0.29) is 0 Å². The molecular formula is C13H21N3O. The van der Waals surface area contributed by atoms with Crippen molar-refractivity contribution < 1.29 is 4.74 Å². The molecule has 4 heteroatoms. The van der Waals surface area contributed by atoms with Gasteiger partial charge in [0.15, 0.2) is 0 Å². The molecule has 0 bridgehead atoms. The third-order valence-electron chi connectivity index (χ3n) is 2.17. The lowest BCUT2D eigenvalue weighted by Crippen LogP contribution is -2.16. The Morgan fingerprint density at radius 3 is 2.76 bits per heavy atom. The van der Waals surface area contributed by atoms with Gasteiger partial charge in [0.1, 0.15) is 18.0 Å². The predicted octanol–water partition coefficient (Wildman–Crippen LogP) is 2.27. The van der Waals surface area contributed by atoms with Gasteiger partial charge in [0.2, 0.25) is 0 Å². The second kappa shape index (κ2) is 6.91. The molecule has 2 heterocycles.